The Kier molecular flexibility index (Phi) is 5.14. The Morgan fingerprint density at radius 2 is 1.93 bits per heavy atom. The Balaban J connectivity index is 1.71. The molecule has 0 saturated carbocycles. The van der Waals surface area contributed by atoms with Crippen molar-refractivity contribution in [2.75, 3.05) is 4.90 Å². The van der Waals surface area contributed by atoms with Crippen LogP contribution in [0.1, 0.15) is 27.2 Å². The summed E-state index contributed by atoms with van der Waals surface area (Å²) in [5.74, 6) is -0.823. The van der Waals surface area contributed by atoms with E-state index in [1.807, 2.05) is 17.5 Å². The van der Waals surface area contributed by atoms with Crippen LogP contribution in [0.15, 0.2) is 64.5 Å². The lowest BCUT2D eigenvalue weighted by atomic mass is 9.88. The lowest BCUT2D eigenvalue weighted by molar-refractivity contribution is -0.136. The number of hydrogen-bond donors (Lipinski definition) is 1. The Labute approximate surface area is 179 Å². The van der Waals surface area contributed by atoms with Crippen LogP contribution < -0.4 is 4.90 Å². The first-order valence-corrected chi connectivity index (χ1v) is 10.6. The zero-order chi connectivity index (χ0) is 19.9. The van der Waals surface area contributed by atoms with Crippen molar-refractivity contribution in [3.63, 3.8) is 0 Å². The van der Waals surface area contributed by atoms with E-state index in [1.165, 1.54) is 16.2 Å². The number of hydrogen-bond acceptors (Lipinski definition) is 4. The highest BCUT2D eigenvalue weighted by Gasteiger charge is 2.51. The van der Waals surface area contributed by atoms with E-state index in [9.17, 15) is 14.7 Å². The minimum Gasteiger partial charge on any atom is -0.375 e. The monoisotopic (exact) mass is 475 g/mol. The van der Waals surface area contributed by atoms with Crippen molar-refractivity contribution in [2.24, 2.45) is 0 Å². The van der Waals surface area contributed by atoms with Gasteiger partial charge in [-0.25, -0.2) is 0 Å². The maximum atomic E-state index is 13.2. The average molecular weight is 477 g/mol. The predicted octanol–water partition coefficient (Wildman–Crippen LogP) is 5.17. The summed E-state index contributed by atoms with van der Waals surface area (Å²) in [7, 11) is 0. The molecular formula is C21H15BrClNO3S. The fraction of sp³-hybridized carbons (Fsp3) is 0.143. The van der Waals surface area contributed by atoms with E-state index in [2.05, 4.69) is 15.9 Å². The molecule has 1 aliphatic heterocycles. The van der Waals surface area contributed by atoms with Crippen LogP contribution >= 0.6 is 38.9 Å². The third-order valence-corrected chi connectivity index (χ3v) is 6.40. The van der Waals surface area contributed by atoms with Gasteiger partial charge in [0.15, 0.2) is 11.4 Å². The maximum absolute atomic E-state index is 13.2. The van der Waals surface area contributed by atoms with Crippen LogP contribution in [0.5, 0.6) is 0 Å². The van der Waals surface area contributed by atoms with E-state index < -0.39 is 11.5 Å². The van der Waals surface area contributed by atoms with Gasteiger partial charge in [0, 0.05) is 25.5 Å². The highest BCUT2D eigenvalue weighted by Crippen LogP contribution is 2.45. The van der Waals surface area contributed by atoms with E-state index in [4.69, 9.17) is 11.6 Å². The first-order valence-electron chi connectivity index (χ1n) is 8.54. The quantitative estimate of drug-likeness (QED) is 0.517. The van der Waals surface area contributed by atoms with Crippen molar-refractivity contribution >= 4 is 56.2 Å². The van der Waals surface area contributed by atoms with Crippen LogP contribution in [0, 0.1) is 0 Å². The molecule has 0 bridgehead atoms. The SMILES string of the molecule is O=C(CC1(O)C(=O)N(Cc2cccs2)c2ccc(Cl)cc21)c1ccc(Br)cc1. The van der Waals surface area contributed by atoms with Crippen molar-refractivity contribution in [1.82, 2.24) is 0 Å². The molecule has 0 saturated heterocycles. The molecule has 1 unspecified atom stereocenters. The first kappa shape index (κ1) is 19.3. The molecule has 1 N–H and O–H groups in total. The third-order valence-electron chi connectivity index (χ3n) is 4.77. The average Bonchev–Trinajstić information content (AvgIpc) is 3.25. The Bertz CT molecular complexity index is 1050. The number of carbonyl (C=O) groups is 2. The molecule has 0 fully saturated rings. The number of anilines is 1. The second kappa shape index (κ2) is 7.44. The van der Waals surface area contributed by atoms with Crippen molar-refractivity contribution < 1.29 is 14.7 Å². The Hall–Kier alpha value is -1.99. The molecule has 1 aliphatic rings. The van der Waals surface area contributed by atoms with Crippen LogP contribution in [-0.2, 0) is 16.9 Å². The minimum absolute atomic E-state index is 0.313. The van der Waals surface area contributed by atoms with Crippen LogP contribution in [0.3, 0.4) is 0 Å². The second-order valence-electron chi connectivity index (χ2n) is 6.60. The van der Waals surface area contributed by atoms with Crippen molar-refractivity contribution in [2.45, 2.75) is 18.6 Å². The number of rotatable bonds is 5. The topological polar surface area (TPSA) is 57.6 Å². The van der Waals surface area contributed by atoms with Gasteiger partial charge in [-0.3, -0.25) is 9.59 Å². The van der Waals surface area contributed by atoms with Gasteiger partial charge in [0.1, 0.15) is 0 Å². The smallest absolute Gasteiger partial charge is 0.264 e. The molecule has 7 heteroatoms. The molecule has 4 nitrogen and oxygen atoms in total. The largest absolute Gasteiger partial charge is 0.375 e. The summed E-state index contributed by atoms with van der Waals surface area (Å²) in [6, 6.07) is 15.6. The van der Waals surface area contributed by atoms with Crippen LogP contribution in [0.4, 0.5) is 5.69 Å². The number of nitrogens with zero attached hydrogens (tertiary/aromatic N) is 1. The summed E-state index contributed by atoms with van der Waals surface area (Å²) in [5, 5.41) is 13.7. The van der Waals surface area contributed by atoms with E-state index in [-0.39, 0.29) is 12.2 Å². The van der Waals surface area contributed by atoms with Crippen LogP contribution in [-0.4, -0.2) is 16.8 Å². The molecule has 142 valence electrons. The van der Waals surface area contributed by atoms with E-state index in [0.29, 0.717) is 28.4 Å². The van der Waals surface area contributed by atoms with Gasteiger partial charge in [0.2, 0.25) is 0 Å². The number of carbonyl (C=O) groups excluding carboxylic acids is 2. The zero-order valence-electron chi connectivity index (χ0n) is 14.6. The molecule has 3 aromatic rings. The minimum atomic E-state index is -1.94. The first-order chi connectivity index (χ1) is 13.4. The fourth-order valence-corrected chi connectivity index (χ4v) is 4.51. The van der Waals surface area contributed by atoms with E-state index in [0.717, 1.165) is 9.35 Å². The lowest BCUT2D eigenvalue weighted by Gasteiger charge is -2.22. The molecule has 2 heterocycles. The summed E-state index contributed by atoms with van der Waals surface area (Å²) >= 11 is 11.0. The Morgan fingerprint density at radius 1 is 1.18 bits per heavy atom. The molecule has 2 aromatic carbocycles. The fourth-order valence-electron chi connectivity index (χ4n) is 3.38. The number of amides is 1. The van der Waals surface area contributed by atoms with Gasteiger partial charge in [-0.15, -0.1) is 11.3 Å². The number of thiophene rings is 1. The molecule has 1 amide bonds. The molecule has 1 atom stereocenters. The van der Waals surface area contributed by atoms with Gasteiger partial charge in [-0.1, -0.05) is 45.7 Å². The molecule has 0 aliphatic carbocycles. The molecular weight excluding hydrogens is 462 g/mol. The molecule has 28 heavy (non-hydrogen) atoms. The number of Topliss-reactive ketones (excluding diaryl/α,β-unsaturated/α-hetero) is 1. The summed E-state index contributed by atoms with van der Waals surface area (Å²) in [5.41, 5.74) is -0.563. The van der Waals surface area contributed by atoms with Gasteiger partial charge in [0.25, 0.3) is 5.91 Å². The third kappa shape index (κ3) is 3.42. The maximum Gasteiger partial charge on any atom is 0.264 e. The highest BCUT2D eigenvalue weighted by atomic mass is 79.9. The van der Waals surface area contributed by atoms with Gasteiger partial charge in [0.05, 0.1) is 18.7 Å². The number of benzene rings is 2. The number of ketones is 1. The molecule has 4 rings (SSSR count). The molecule has 1 aromatic heterocycles. The number of fused-ring (bicyclic) bond motifs is 1. The summed E-state index contributed by atoms with van der Waals surface area (Å²) in [6.45, 7) is 0.333. The van der Waals surface area contributed by atoms with Gasteiger partial charge >= 0.3 is 0 Å². The van der Waals surface area contributed by atoms with E-state index in [1.54, 1.807) is 42.5 Å². The standard InChI is InChI=1S/C21H15BrClNO3S/c22-14-5-3-13(4-6-14)19(25)11-21(27)17-10-15(23)7-8-18(17)24(20(21)26)12-16-2-1-9-28-16/h1-10,27H,11-12H2. The summed E-state index contributed by atoms with van der Waals surface area (Å²) in [6.07, 6.45) is -0.345. The summed E-state index contributed by atoms with van der Waals surface area (Å²) in [4.78, 5) is 28.5. The van der Waals surface area contributed by atoms with Crippen molar-refractivity contribution in [1.29, 1.82) is 0 Å². The van der Waals surface area contributed by atoms with Crippen LogP contribution in [0.2, 0.25) is 5.02 Å². The summed E-state index contributed by atoms with van der Waals surface area (Å²) < 4.78 is 0.846. The molecule has 0 spiro atoms. The van der Waals surface area contributed by atoms with Gasteiger partial charge < -0.3 is 10.0 Å². The normalized spacial score (nSPS) is 18.4. The van der Waals surface area contributed by atoms with Crippen molar-refractivity contribution in [3.05, 3.63) is 85.5 Å². The van der Waals surface area contributed by atoms with Gasteiger partial charge in [-0.05, 0) is 41.8 Å². The second-order valence-corrected chi connectivity index (χ2v) is 8.98. The lowest BCUT2D eigenvalue weighted by Crippen LogP contribution is -2.41. The Morgan fingerprint density at radius 3 is 2.61 bits per heavy atom. The number of aliphatic hydroxyl groups is 1. The van der Waals surface area contributed by atoms with Crippen molar-refractivity contribution in [3.8, 4) is 0 Å². The van der Waals surface area contributed by atoms with E-state index >= 15 is 0 Å². The highest BCUT2D eigenvalue weighted by molar-refractivity contribution is 9.10. The number of halogens is 2. The van der Waals surface area contributed by atoms with Gasteiger partial charge in [-0.2, -0.15) is 0 Å². The zero-order valence-corrected chi connectivity index (χ0v) is 17.7. The van der Waals surface area contributed by atoms with Crippen LogP contribution in [0.25, 0.3) is 0 Å². The molecule has 0 radical (unpaired) electrons. The predicted molar refractivity (Wildman–Crippen MR) is 114 cm³/mol.